The predicted octanol–water partition coefficient (Wildman–Crippen LogP) is 4.63. The molecule has 0 radical (unpaired) electrons. The topological polar surface area (TPSA) is 144 Å². The smallest absolute Gasteiger partial charge is 0.481 e. The first-order chi connectivity index (χ1) is 19.1. The number of nitrogens with one attached hydrogen (secondary N) is 1. The molecule has 1 aromatic carbocycles. The molecule has 2 aromatic heterocycles. The lowest BCUT2D eigenvalue weighted by Gasteiger charge is -2.17. The molecule has 1 atom stereocenters. The second-order valence-electron chi connectivity index (χ2n) is 9.20. The van der Waals surface area contributed by atoms with Gasteiger partial charge in [0.05, 0.1) is 6.42 Å². The number of nitrogens with zero attached hydrogens (tertiary/aromatic N) is 3. The van der Waals surface area contributed by atoms with E-state index >= 15 is 0 Å². The number of rotatable bonds is 9. The van der Waals surface area contributed by atoms with Crippen LogP contribution in [0.5, 0.6) is 11.5 Å². The first kappa shape index (κ1) is 29.1. The van der Waals surface area contributed by atoms with Crippen LogP contribution in [0.1, 0.15) is 52.0 Å². The zero-order valence-electron chi connectivity index (χ0n) is 21.2. The molecule has 14 heteroatoms. The van der Waals surface area contributed by atoms with Gasteiger partial charge in [-0.3, -0.25) is 4.79 Å². The molecule has 2 aliphatic heterocycles. The Hall–Kier alpha value is -3.94. The number of hydrogen-bond donors (Lipinski definition) is 3. The number of benzene rings is 1. The van der Waals surface area contributed by atoms with Gasteiger partial charge in [-0.2, -0.15) is 13.2 Å². The van der Waals surface area contributed by atoms with Crippen LogP contribution >= 0.6 is 11.3 Å². The highest BCUT2D eigenvalue weighted by Crippen LogP contribution is 2.36. The van der Waals surface area contributed by atoms with Crippen LogP contribution in [0.4, 0.5) is 19.0 Å². The average molecular weight is 581 g/mol. The minimum absolute atomic E-state index is 0.0204. The normalized spacial score (nSPS) is 14.4. The van der Waals surface area contributed by atoms with E-state index < -0.39 is 18.1 Å². The van der Waals surface area contributed by atoms with Crippen molar-refractivity contribution in [3.05, 3.63) is 57.2 Å². The number of ether oxygens (including phenoxy) is 2. The lowest BCUT2D eigenvalue weighted by molar-refractivity contribution is -0.192. The Morgan fingerprint density at radius 1 is 1.05 bits per heavy atom. The number of aryl methyl sites for hydroxylation is 3. The molecule has 0 bridgehead atoms. The van der Waals surface area contributed by atoms with Crippen molar-refractivity contribution >= 4 is 29.1 Å². The number of carboxylic acid groups (broad SMARTS) is 2. The molecule has 0 aliphatic carbocycles. The molecule has 1 unspecified atom stereocenters. The van der Waals surface area contributed by atoms with Crippen LogP contribution in [0.15, 0.2) is 30.3 Å². The highest BCUT2D eigenvalue weighted by molar-refractivity contribution is 7.11. The van der Waals surface area contributed by atoms with Gasteiger partial charge in [-0.15, -0.1) is 21.5 Å². The zero-order chi connectivity index (χ0) is 28.7. The van der Waals surface area contributed by atoms with Gasteiger partial charge in [0.1, 0.15) is 15.8 Å². The van der Waals surface area contributed by atoms with Crippen molar-refractivity contribution in [1.82, 2.24) is 15.2 Å². The third kappa shape index (κ3) is 8.04. The number of carboxylic acids is 2. The van der Waals surface area contributed by atoms with Crippen molar-refractivity contribution in [3.8, 4) is 11.5 Å². The maximum absolute atomic E-state index is 11.5. The summed E-state index contributed by atoms with van der Waals surface area (Å²) in [7, 11) is 0. The molecule has 0 saturated heterocycles. The Labute approximate surface area is 231 Å². The molecule has 3 N–H and O–H groups in total. The van der Waals surface area contributed by atoms with Gasteiger partial charge >= 0.3 is 18.1 Å². The average Bonchev–Trinajstić information content (AvgIpc) is 3.57. The fraction of sp³-hybridized carbons (Fsp3) is 0.423. The number of aliphatic carboxylic acids is 2. The van der Waals surface area contributed by atoms with E-state index in [1.807, 2.05) is 18.2 Å². The van der Waals surface area contributed by atoms with Crippen molar-refractivity contribution < 1.29 is 42.4 Å². The molecular weight excluding hydrogens is 553 g/mol. The molecule has 0 saturated carbocycles. The quantitative estimate of drug-likeness (QED) is 0.328. The Bertz CT molecular complexity index is 1350. The number of hydrogen-bond acceptors (Lipinski definition) is 9. The van der Waals surface area contributed by atoms with E-state index in [0.717, 1.165) is 65.7 Å². The minimum Gasteiger partial charge on any atom is -0.481 e. The van der Waals surface area contributed by atoms with Crippen LogP contribution in [0.3, 0.4) is 0 Å². The third-order valence-electron chi connectivity index (χ3n) is 6.24. The third-order valence-corrected chi connectivity index (χ3v) is 7.24. The van der Waals surface area contributed by atoms with Gasteiger partial charge in [-0.05, 0) is 55.0 Å². The van der Waals surface area contributed by atoms with E-state index in [-0.39, 0.29) is 19.1 Å². The van der Waals surface area contributed by atoms with E-state index in [2.05, 4.69) is 27.6 Å². The number of fused-ring (bicyclic) bond motifs is 2. The molecule has 3 aromatic rings. The van der Waals surface area contributed by atoms with Gasteiger partial charge in [0.2, 0.25) is 6.79 Å². The van der Waals surface area contributed by atoms with E-state index in [0.29, 0.717) is 17.9 Å². The molecule has 10 nitrogen and oxygen atoms in total. The summed E-state index contributed by atoms with van der Waals surface area (Å²) in [6.45, 7) is 1.19. The fourth-order valence-corrected chi connectivity index (χ4v) is 5.26. The molecular formula is C26H27F3N4O6S. The van der Waals surface area contributed by atoms with E-state index in [9.17, 15) is 23.1 Å². The van der Waals surface area contributed by atoms with Gasteiger partial charge in [0.25, 0.3) is 0 Å². The van der Waals surface area contributed by atoms with Gasteiger partial charge in [-0.1, -0.05) is 12.1 Å². The second-order valence-corrected chi connectivity index (χ2v) is 10.3. The summed E-state index contributed by atoms with van der Waals surface area (Å²) < 4.78 is 42.6. The standard InChI is InChI=1S/C24H26N4O4S.C2HF3O2/c29-23(30)13-17(16-7-9-19-20(11-16)32-14-31-19)12-22-28-27-21(33-22)5-1-4-18-8-6-15-3-2-10-25-24(15)26-18;3-2(4,5)1(6)7/h6-9,11,17H,1-5,10,12-14H2,(H,25,26)(H,29,30);(H,6,7). The van der Waals surface area contributed by atoms with Gasteiger partial charge < -0.3 is 25.0 Å². The summed E-state index contributed by atoms with van der Waals surface area (Å²) in [5, 5.41) is 30.4. The Morgan fingerprint density at radius 2 is 1.80 bits per heavy atom. The maximum atomic E-state index is 11.5. The summed E-state index contributed by atoms with van der Waals surface area (Å²) in [5.74, 6) is -1.42. The first-order valence-electron chi connectivity index (χ1n) is 12.5. The van der Waals surface area contributed by atoms with Crippen LogP contribution in [-0.2, 0) is 35.3 Å². The molecule has 5 rings (SSSR count). The minimum atomic E-state index is -5.08. The van der Waals surface area contributed by atoms with Gasteiger partial charge in [-0.25, -0.2) is 9.78 Å². The Morgan fingerprint density at radius 3 is 2.55 bits per heavy atom. The molecule has 0 amide bonds. The summed E-state index contributed by atoms with van der Waals surface area (Å²) in [6.07, 6.45) is 0.392. The summed E-state index contributed by atoms with van der Waals surface area (Å²) in [4.78, 5) is 25.1. The molecule has 4 heterocycles. The van der Waals surface area contributed by atoms with E-state index in [1.54, 1.807) is 11.3 Å². The maximum Gasteiger partial charge on any atom is 0.490 e. The Balaban J connectivity index is 0.000000470. The van der Waals surface area contributed by atoms with Crippen molar-refractivity contribution in [2.45, 2.75) is 57.0 Å². The number of aromatic nitrogens is 3. The number of carbonyl (C=O) groups is 2. The van der Waals surface area contributed by atoms with Crippen LogP contribution in [0, 0.1) is 0 Å². The van der Waals surface area contributed by atoms with Crippen LogP contribution in [-0.4, -0.2) is 56.8 Å². The van der Waals surface area contributed by atoms with Crippen molar-refractivity contribution in [1.29, 1.82) is 0 Å². The number of pyridine rings is 1. The monoisotopic (exact) mass is 580 g/mol. The van der Waals surface area contributed by atoms with Gasteiger partial charge in [0, 0.05) is 31.0 Å². The highest BCUT2D eigenvalue weighted by atomic mass is 32.1. The summed E-state index contributed by atoms with van der Waals surface area (Å²) in [5.41, 5.74) is 3.31. The molecule has 40 heavy (non-hydrogen) atoms. The van der Waals surface area contributed by atoms with Crippen LogP contribution in [0.2, 0.25) is 0 Å². The SMILES string of the molecule is O=C(O)C(F)(F)F.O=C(O)CC(Cc1nnc(CCCc2ccc3c(n2)NCCC3)s1)c1ccc2c(c1)OCO2. The highest BCUT2D eigenvalue weighted by Gasteiger charge is 2.38. The van der Waals surface area contributed by atoms with E-state index in [1.165, 1.54) is 5.56 Å². The lowest BCUT2D eigenvalue weighted by Crippen LogP contribution is -2.21. The van der Waals surface area contributed by atoms with Crippen molar-refractivity contribution in [3.63, 3.8) is 0 Å². The number of halogens is 3. The molecule has 214 valence electrons. The summed E-state index contributed by atoms with van der Waals surface area (Å²) >= 11 is 1.56. The van der Waals surface area contributed by atoms with Crippen LogP contribution in [0.25, 0.3) is 0 Å². The lowest BCUT2D eigenvalue weighted by atomic mass is 9.92. The number of alkyl halides is 3. The van der Waals surface area contributed by atoms with E-state index in [4.69, 9.17) is 24.4 Å². The molecule has 2 aliphatic rings. The van der Waals surface area contributed by atoms with Crippen molar-refractivity contribution in [2.75, 3.05) is 18.7 Å². The van der Waals surface area contributed by atoms with Gasteiger partial charge in [0.15, 0.2) is 11.5 Å². The first-order valence-corrected chi connectivity index (χ1v) is 13.4. The largest absolute Gasteiger partial charge is 0.490 e. The second kappa shape index (κ2) is 12.9. The molecule has 0 fully saturated rings. The van der Waals surface area contributed by atoms with Crippen LogP contribution < -0.4 is 14.8 Å². The zero-order valence-corrected chi connectivity index (χ0v) is 22.1. The predicted molar refractivity (Wildman–Crippen MR) is 138 cm³/mol. The number of anilines is 1. The Kier molecular flexibility index (Phi) is 9.40. The van der Waals surface area contributed by atoms with Crippen molar-refractivity contribution in [2.24, 2.45) is 0 Å². The molecule has 0 spiro atoms. The fourth-order valence-electron chi connectivity index (χ4n) is 4.30. The summed E-state index contributed by atoms with van der Waals surface area (Å²) in [6, 6.07) is 9.93.